The van der Waals surface area contributed by atoms with Crippen molar-refractivity contribution >= 4 is 0 Å². The van der Waals surface area contributed by atoms with E-state index in [1.807, 2.05) is 6.07 Å². The van der Waals surface area contributed by atoms with Crippen LogP contribution in [-0.4, -0.2) is 5.11 Å². The summed E-state index contributed by atoms with van der Waals surface area (Å²) in [6, 6.07) is 13.4. The number of alkyl halides is 3. The van der Waals surface area contributed by atoms with E-state index in [2.05, 4.69) is 6.58 Å². The predicted octanol–water partition coefficient (Wildman–Crippen LogP) is 4.52. The highest BCUT2D eigenvalue weighted by atomic mass is 19.4. The van der Waals surface area contributed by atoms with E-state index in [1.165, 1.54) is 12.1 Å². The minimum absolute atomic E-state index is 0.211. The summed E-state index contributed by atoms with van der Waals surface area (Å²) >= 11 is 0. The molecule has 0 bridgehead atoms. The van der Waals surface area contributed by atoms with Crippen molar-refractivity contribution in [2.75, 3.05) is 0 Å². The maximum absolute atomic E-state index is 12.6. The highest BCUT2D eigenvalue weighted by molar-refractivity contribution is 5.38. The van der Waals surface area contributed by atoms with Crippen LogP contribution < -0.4 is 0 Å². The molecule has 2 aromatic carbocycles. The quantitative estimate of drug-likeness (QED) is 0.822. The summed E-state index contributed by atoms with van der Waals surface area (Å²) in [6.45, 7) is 3.61. The third kappa shape index (κ3) is 3.16. The van der Waals surface area contributed by atoms with Crippen LogP contribution in [0.25, 0.3) is 0 Å². The van der Waals surface area contributed by atoms with Crippen LogP contribution in [0.4, 0.5) is 13.2 Å². The summed E-state index contributed by atoms with van der Waals surface area (Å²) in [4.78, 5) is 0. The van der Waals surface area contributed by atoms with Crippen molar-refractivity contribution in [2.24, 2.45) is 0 Å². The van der Waals surface area contributed by atoms with Crippen LogP contribution in [0.2, 0.25) is 0 Å². The van der Waals surface area contributed by atoms with Gasteiger partial charge in [0.05, 0.1) is 5.56 Å². The van der Waals surface area contributed by atoms with E-state index in [4.69, 9.17) is 0 Å². The van der Waals surface area contributed by atoms with Gasteiger partial charge in [-0.2, -0.15) is 13.2 Å². The van der Waals surface area contributed by atoms with Crippen molar-refractivity contribution < 1.29 is 18.3 Å². The van der Waals surface area contributed by atoms with Crippen LogP contribution in [0, 0.1) is 0 Å². The molecule has 0 aliphatic heterocycles. The van der Waals surface area contributed by atoms with E-state index in [9.17, 15) is 18.3 Å². The first-order chi connectivity index (χ1) is 9.88. The van der Waals surface area contributed by atoms with Crippen molar-refractivity contribution in [3.63, 3.8) is 0 Å². The molecule has 0 aliphatic rings. The zero-order chi connectivity index (χ0) is 15.5. The third-order valence-corrected chi connectivity index (χ3v) is 3.38. The van der Waals surface area contributed by atoms with Crippen LogP contribution in [-0.2, 0) is 11.8 Å². The standard InChI is InChI=1S/C17H15F3O/c1-2-12-16(21,13-6-4-3-5-7-13)14-8-10-15(11-9-14)17(18,19)20/h2-11,21H,1,12H2. The van der Waals surface area contributed by atoms with Crippen molar-refractivity contribution in [2.45, 2.75) is 18.2 Å². The average molecular weight is 292 g/mol. The zero-order valence-electron chi connectivity index (χ0n) is 11.3. The minimum Gasteiger partial charge on any atom is -0.380 e. The van der Waals surface area contributed by atoms with Gasteiger partial charge in [0.15, 0.2) is 0 Å². The Morgan fingerprint density at radius 1 is 0.857 bits per heavy atom. The van der Waals surface area contributed by atoms with E-state index < -0.39 is 17.3 Å². The Morgan fingerprint density at radius 2 is 1.33 bits per heavy atom. The van der Waals surface area contributed by atoms with Gasteiger partial charge in [0.25, 0.3) is 0 Å². The lowest BCUT2D eigenvalue weighted by Crippen LogP contribution is -2.26. The molecule has 1 nitrogen and oxygen atoms in total. The van der Waals surface area contributed by atoms with Gasteiger partial charge in [-0.15, -0.1) is 6.58 Å². The number of benzene rings is 2. The molecule has 0 saturated carbocycles. The van der Waals surface area contributed by atoms with Gasteiger partial charge in [-0.1, -0.05) is 48.5 Å². The SMILES string of the molecule is C=CCC(O)(c1ccccc1)c1ccc(C(F)(F)F)cc1. The van der Waals surface area contributed by atoms with Gasteiger partial charge in [-0.3, -0.25) is 0 Å². The van der Waals surface area contributed by atoms with Gasteiger partial charge in [0.1, 0.15) is 5.60 Å². The molecule has 110 valence electrons. The number of hydrogen-bond donors (Lipinski definition) is 1. The maximum atomic E-state index is 12.6. The molecule has 0 amide bonds. The molecule has 1 unspecified atom stereocenters. The van der Waals surface area contributed by atoms with Gasteiger partial charge in [0, 0.05) is 6.42 Å². The molecule has 0 saturated heterocycles. The smallest absolute Gasteiger partial charge is 0.380 e. The van der Waals surface area contributed by atoms with Gasteiger partial charge in [-0.05, 0) is 23.3 Å². The Labute approximate surface area is 121 Å². The second kappa shape index (κ2) is 5.74. The third-order valence-electron chi connectivity index (χ3n) is 3.38. The predicted molar refractivity (Wildman–Crippen MR) is 75.7 cm³/mol. The van der Waals surface area contributed by atoms with Gasteiger partial charge < -0.3 is 5.11 Å². The van der Waals surface area contributed by atoms with Crippen LogP contribution in [0.1, 0.15) is 23.1 Å². The lowest BCUT2D eigenvalue weighted by Gasteiger charge is -2.28. The number of halogens is 3. The molecule has 0 fully saturated rings. The van der Waals surface area contributed by atoms with Crippen molar-refractivity contribution in [3.05, 3.63) is 83.9 Å². The summed E-state index contributed by atoms with van der Waals surface area (Å²) in [5.41, 5.74) is -1.10. The second-order valence-electron chi connectivity index (χ2n) is 4.79. The van der Waals surface area contributed by atoms with Crippen LogP contribution in [0.3, 0.4) is 0 Å². The Balaban J connectivity index is 2.46. The molecule has 1 N–H and O–H groups in total. The van der Waals surface area contributed by atoms with E-state index in [0.717, 1.165) is 12.1 Å². The lowest BCUT2D eigenvalue weighted by atomic mass is 9.83. The number of rotatable bonds is 4. The Morgan fingerprint density at radius 3 is 1.81 bits per heavy atom. The van der Waals surface area contributed by atoms with E-state index >= 15 is 0 Å². The first-order valence-corrected chi connectivity index (χ1v) is 6.44. The fourth-order valence-electron chi connectivity index (χ4n) is 2.26. The highest BCUT2D eigenvalue weighted by Crippen LogP contribution is 2.35. The molecule has 0 radical (unpaired) electrons. The molecule has 0 aliphatic carbocycles. The summed E-state index contributed by atoms with van der Waals surface area (Å²) in [5, 5.41) is 10.9. The average Bonchev–Trinajstić information content (AvgIpc) is 2.47. The van der Waals surface area contributed by atoms with Gasteiger partial charge in [-0.25, -0.2) is 0 Å². The molecule has 4 heteroatoms. The van der Waals surface area contributed by atoms with E-state index in [-0.39, 0.29) is 6.42 Å². The molecule has 0 heterocycles. The van der Waals surface area contributed by atoms with Crippen molar-refractivity contribution in [1.29, 1.82) is 0 Å². The van der Waals surface area contributed by atoms with Crippen molar-refractivity contribution in [3.8, 4) is 0 Å². The molecule has 0 spiro atoms. The zero-order valence-corrected chi connectivity index (χ0v) is 11.3. The number of hydrogen-bond acceptors (Lipinski definition) is 1. The monoisotopic (exact) mass is 292 g/mol. The topological polar surface area (TPSA) is 20.2 Å². The Kier molecular flexibility index (Phi) is 4.19. The highest BCUT2D eigenvalue weighted by Gasteiger charge is 2.33. The summed E-state index contributed by atoms with van der Waals surface area (Å²) in [5.74, 6) is 0. The fraction of sp³-hybridized carbons (Fsp3) is 0.176. The lowest BCUT2D eigenvalue weighted by molar-refractivity contribution is -0.137. The molecule has 2 aromatic rings. The fourth-order valence-corrected chi connectivity index (χ4v) is 2.26. The van der Waals surface area contributed by atoms with E-state index in [0.29, 0.717) is 11.1 Å². The summed E-state index contributed by atoms with van der Waals surface area (Å²) in [6.07, 6.45) is -2.63. The largest absolute Gasteiger partial charge is 0.416 e. The molecular formula is C17H15F3O. The Bertz CT molecular complexity index is 602. The van der Waals surface area contributed by atoms with E-state index in [1.54, 1.807) is 30.3 Å². The Hall–Kier alpha value is -2.07. The molecule has 2 rings (SSSR count). The van der Waals surface area contributed by atoms with Crippen molar-refractivity contribution in [1.82, 2.24) is 0 Å². The van der Waals surface area contributed by atoms with Crippen LogP contribution in [0.5, 0.6) is 0 Å². The molecule has 1 atom stereocenters. The second-order valence-corrected chi connectivity index (χ2v) is 4.79. The first-order valence-electron chi connectivity index (χ1n) is 6.44. The normalized spacial score (nSPS) is 14.5. The maximum Gasteiger partial charge on any atom is 0.416 e. The molecular weight excluding hydrogens is 277 g/mol. The molecule has 0 aromatic heterocycles. The van der Waals surface area contributed by atoms with Gasteiger partial charge >= 0.3 is 6.18 Å². The minimum atomic E-state index is -4.39. The summed E-state index contributed by atoms with van der Waals surface area (Å²) in [7, 11) is 0. The summed E-state index contributed by atoms with van der Waals surface area (Å²) < 4.78 is 37.8. The van der Waals surface area contributed by atoms with Crippen LogP contribution >= 0.6 is 0 Å². The molecule has 21 heavy (non-hydrogen) atoms. The number of aliphatic hydroxyl groups is 1. The van der Waals surface area contributed by atoms with Crippen LogP contribution in [0.15, 0.2) is 67.3 Å². The van der Waals surface area contributed by atoms with Gasteiger partial charge in [0.2, 0.25) is 0 Å². The first kappa shape index (κ1) is 15.3.